The molecule has 18 heavy (non-hydrogen) atoms. The van der Waals surface area contributed by atoms with Crippen molar-refractivity contribution in [2.45, 2.75) is 12.5 Å². The van der Waals surface area contributed by atoms with Gasteiger partial charge in [-0.05, 0) is 18.6 Å². The minimum Gasteiger partial charge on any atom is -0.453 e. The van der Waals surface area contributed by atoms with Gasteiger partial charge in [0.15, 0.2) is 5.76 Å². The summed E-state index contributed by atoms with van der Waals surface area (Å²) < 4.78 is 5.56. The van der Waals surface area contributed by atoms with E-state index < -0.39 is 0 Å². The molecular weight excluding hydrogens is 228 g/mol. The second kappa shape index (κ2) is 4.55. The number of Topliss-reactive ketones (excluding diaryl/α,β-unsaturated/α-hetero) is 1. The predicted molar refractivity (Wildman–Crippen MR) is 69.6 cm³/mol. The third kappa shape index (κ3) is 2.17. The Labute approximate surface area is 105 Å². The number of rotatable bonds is 3. The molecule has 2 heterocycles. The highest BCUT2D eigenvalue weighted by molar-refractivity contribution is 5.98. The first-order chi connectivity index (χ1) is 8.72. The first-order valence-corrected chi connectivity index (χ1v) is 6.22. The van der Waals surface area contributed by atoms with E-state index in [1.54, 1.807) is 0 Å². The number of carbonyl (C=O) groups excluding carboxylic acids is 1. The van der Waals surface area contributed by atoms with E-state index >= 15 is 0 Å². The minimum atomic E-state index is 0.0281. The molecule has 94 valence electrons. The standard InChI is InChI=1S/C14H16N2O2/c15-11-5-6-16(8-11)9-12(17)14-7-10-3-1-2-4-13(10)18-14/h1-4,7,11H,5-6,8-9,15H2. The van der Waals surface area contributed by atoms with Crippen LogP contribution in [0.2, 0.25) is 0 Å². The molecule has 4 nitrogen and oxygen atoms in total. The van der Waals surface area contributed by atoms with Gasteiger partial charge >= 0.3 is 0 Å². The fraction of sp³-hybridized carbons (Fsp3) is 0.357. The molecule has 1 atom stereocenters. The first kappa shape index (κ1) is 11.4. The van der Waals surface area contributed by atoms with Crippen molar-refractivity contribution in [1.82, 2.24) is 4.90 Å². The fourth-order valence-electron chi connectivity index (χ4n) is 2.41. The van der Waals surface area contributed by atoms with E-state index in [-0.39, 0.29) is 11.8 Å². The van der Waals surface area contributed by atoms with Crippen LogP contribution in [-0.2, 0) is 0 Å². The highest BCUT2D eigenvalue weighted by Gasteiger charge is 2.22. The molecule has 2 aromatic rings. The summed E-state index contributed by atoms with van der Waals surface area (Å²) in [7, 11) is 0. The molecular formula is C14H16N2O2. The van der Waals surface area contributed by atoms with Crippen LogP contribution in [0, 0.1) is 0 Å². The Morgan fingerprint density at radius 2 is 2.28 bits per heavy atom. The maximum atomic E-state index is 12.1. The lowest BCUT2D eigenvalue weighted by Gasteiger charge is -2.12. The quantitative estimate of drug-likeness (QED) is 0.834. The molecule has 1 fully saturated rings. The molecule has 1 saturated heterocycles. The second-order valence-corrected chi connectivity index (χ2v) is 4.86. The van der Waals surface area contributed by atoms with E-state index in [2.05, 4.69) is 4.90 Å². The van der Waals surface area contributed by atoms with Crippen LogP contribution in [0.5, 0.6) is 0 Å². The second-order valence-electron chi connectivity index (χ2n) is 4.86. The van der Waals surface area contributed by atoms with Gasteiger partial charge in [0.25, 0.3) is 0 Å². The number of nitrogens with zero attached hydrogens (tertiary/aromatic N) is 1. The largest absolute Gasteiger partial charge is 0.453 e. The zero-order valence-corrected chi connectivity index (χ0v) is 10.1. The number of nitrogens with two attached hydrogens (primary N) is 1. The monoisotopic (exact) mass is 244 g/mol. The van der Waals surface area contributed by atoms with Crippen LogP contribution in [0.4, 0.5) is 0 Å². The number of hydrogen-bond donors (Lipinski definition) is 1. The average Bonchev–Trinajstić information content (AvgIpc) is 2.95. The summed E-state index contributed by atoms with van der Waals surface area (Å²) in [4.78, 5) is 14.2. The lowest BCUT2D eigenvalue weighted by Crippen LogP contribution is -2.30. The van der Waals surface area contributed by atoms with Crippen LogP contribution in [-0.4, -0.2) is 36.4 Å². The highest BCUT2D eigenvalue weighted by Crippen LogP contribution is 2.19. The third-order valence-electron chi connectivity index (χ3n) is 3.38. The van der Waals surface area contributed by atoms with E-state index in [1.165, 1.54) is 0 Å². The topological polar surface area (TPSA) is 59.5 Å². The Morgan fingerprint density at radius 3 is 3.00 bits per heavy atom. The average molecular weight is 244 g/mol. The Hall–Kier alpha value is -1.65. The molecule has 1 aromatic carbocycles. The summed E-state index contributed by atoms with van der Waals surface area (Å²) in [5.41, 5.74) is 6.59. The number of carbonyl (C=O) groups is 1. The van der Waals surface area contributed by atoms with Gasteiger partial charge in [-0.3, -0.25) is 9.69 Å². The molecule has 2 N–H and O–H groups in total. The predicted octanol–water partition coefficient (Wildman–Crippen LogP) is 1.65. The van der Waals surface area contributed by atoms with Crippen molar-refractivity contribution in [3.63, 3.8) is 0 Å². The van der Waals surface area contributed by atoms with Crippen LogP contribution < -0.4 is 5.73 Å². The summed E-state index contributed by atoms with van der Waals surface area (Å²) in [6.45, 7) is 2.09. The number of likely N-dealkylation sites (tertiary alicyclic amines) is 1. The SMILES string of the molecule is NC1CCN(CC(=O)c2cc3ccccc3o2)C1. The Balaban J connectivity index is 1.75. The van der Waals surface area contributed by atoms with Crippen LogP contribution in [0.1, 0.15) is 17.0 Å². The number of furan rings is 1. The van der Waals surface area contributed by atoms with E-state index in [0.29, 0.717) is 12.3 Å². The molecule has 1 aromatic heterocycles. The molecule has 0 amide bonds. The van der Waals surface area contributed by atoms with Gasteiger partial charge in [-0.15, -0.1) is 0 Å². The number of ketones is 1. The molecule has 1 unspecified atom stereocenters. The summed E-state index contributed by atoms with van der Waals surface area (Å²) >= 11 is 0. The zero-order chi connectivity index (χ0) is 12.5. The lowest BCUT2D eigenvalue weighted by atomic mass is 10.2. The maximum Gasteiger partial charge on any atom is 0.211 e. The molecule has 0 aliphatic carbocycles. The van der Waals surface area contributed by atoms with Crippen molar-refractivity contribution >= 4 is 16.8 Å². The fourth-order valence-corrected chi connectivity index (χ4v) is 2.41. The van der Waals surface area contributed by atoms with E-state index in [1.807, 2.05) is 30.3 Å². The summed E-state index contributed by atoms with van der Waals surface area (Å²) in [5, 5.41) is 0.971. The van der Waals surface area contributed by atoms with Crippen LogP contribution >= 0.6 is 0 Å². The van der Waals surface area contributed by atoms with Crippen molar-refractivity contribution < 1.29 is 9.21 Å². The molecule has 1 aliphatic heterocycles. The van der Waals surface area contributed by atoms with Gasteiger partial charge in [-0.25, -0.2) is 0 Å². The summed E-state index contributed by atoms with van der Waals surface area (Å²) in [6.07, 6.45) is 0.966. The molecule has 0 bridgehead atoms. The van der Waals surface area contributed by atoms with Gasteiger partial charge in [-0.1, -0.05) is 18.2 Å². The molecule has 0 saturated carbocycles. The number of para-hydroxylation sites is 1. The zero-order valence-electron chi connectivity index (χ0n) is 10.1. The van der Waals surface area contributed by atoms with Gasteiger partial charge in [0, 0.05) is 24.5 Å². The van der Waals surface area contributed by atoms with Gasteiger partial charge in [0.2, 0.25) is 5.78 Å². The van der Waals surface area contributed by atoms with Crippen LogP contribution in [0.3, 0.4) is 0 Å². The van der Waals surface area contributed by atoms with Crippen LogP contribution in [0.15, 0.2) is 34.7 Å². The smallest absolute Gasteiger partial charge is 0.211 e. The lowest BCUT2D eigenvalue weighted by molar-refractivity contribution is 0.0919. The van der Waals surface area contributed by atoms with Gasteiger partial charge < -0.3 is 10.2 Å². The Kier molecular flexibility index (Phi) is 2.89. The Morgan fingerprint density at radius 1 is 1.44 bits per heavy atom. The van der Waals surface area contributed by atoms with E-state index in [0.717, 1.165) is 30.5 Å². The van der Waals surface area contributed by atoms with Gasteiger partial charge in [-0.2, -0.15) is 0 Å². The maximum absolute atomic E-state index is 12.1. The van der Waals surface area contributed by atoms with Crippen molar-refractivity contribution in [2.75, 3.05) is 19.6 Å². The summed E-state index contributed by atoms with van der Waals surface area (Å²) in [5.74, 6) is 0.469. The first-order valence-electron chi connectivity index (χ1n) is 6.22. The van der Waals surface area contributed by atoms with Crippen molar-refractivity contribution in [3.05, 3.63) is 36.1 Å². The molecule has 3 rings (SSSR count). The van der Waals surface area contributed by atoms with Crippen molar-refractivity contribution in [1.29, 1.82) is 0 Å². The van der Waals surface area contributed by atoms with Gasteiger partial charge in [0.1, 0.15) is 5.58 Å². The molecule has 4 heteroatoms. The van der Waals surface area contributed by atoms with Crippen molar-refractivity contribution in [3.8, 4) is 0 Å². The van der Waals surface area contributed by atoms with Gasteiger partial charge in [0.05, 0.1) is 6.54 Å². The molecule has 0 spiro atoms. The molecule has 1 aliphatic rings. The molecule has 0 radical (unpaired) electrons. The number of benzene rings is 1. The number of hydrogen-bond acceptors (Lipinski definition) is 4. The normalized spacial score (nSPS) is 20.6. The van der Waals surface area contributed by atoms with E-state index in [9.17, 15) is 4.79 Å². The number of fused-ring (bicyclic) bond motifs is 1. The summed E-state index contributed by atoms with van der Waals surface area (Å²) in [6, 6.07) is 9.67. The third-order valence-corrected chi connectivity index (χ3v) is 3.38. The highest BCUT2D eigenvalue weighted by atomic mass is 16.3. The van der Waals surface area contributed by atoms with Crippen molar-refractivity contribution in [2.24, 2.45) is 5.73 Å². The minimum absolute atomic E-state index is 0.0281. The Bertz CT molecular complexity index is 543. The van der Waals surface area contributed by atoms with Crippen LogP contribution in [0.25, 0.3) is 11.0 Å². The van der Waals surface area contributed by atoms with E-state index in [4.69, 9.17) is 10.2 Å².